The summed E-state index contributed by atoms with van der Waals surface area (Å²) in [6.45, 7) is 0. The van der Waals surface area contributed by atoms with Crippen molar-refractivity contribution in [2.24, 2.45) is 0 Å². The highest BCUT2D eigenvalue weighted by Crippen LogP contribution is 2.29. The summed E-state index contributed by atoms with van der Waals surface area (Å²) >= 11 is 0. The first-order valence-corrected chi connectivity index (χ1v) is 4.77. The van der Waals surface area contributed by atoms with Crippen molar-refractivity contribution in [1.82, 2.24) is 0 Å². The maximum absolute atomic E-state index is 12.8. The molecular formula is C13H9FN2. The van der Waals surface area contributed by atoms with Gasteiger partial charge in [0.05, 0.1) is 11.6 Å². The number of anilines is 1. The van der Waals surface area contributed by atoms with Crippen LogP contribution >= 0.6 is 0 Å². The van der Waals surface area contributed by atoms with Gasteiger partial charge in [-0.05, 0) is 29.8 Å². The van der Waals surface area contributed by atoms with Crippen molar-refractivity contribution in [3.05, 3.63) is 53.8 Å². The van der Waals surface area contributed by atoms with E-state index in [0.29, 0.717) is 16.8 Å². The zero-order valence-electron chi connectivity index (χ0n) is 8.44. The predicted octanol–water partition coefficient (Wildman–Crippen LogP) is 2.95. The molecule has 16 heavy (non-hydrogen) atoms. The molecule has 0 spiro atoms. The van der Waals surface area contributed by atoms with Gasteiger partial charge < -0.3 is 5.73 Å². The molecule has 2 aromatic rings. The van der Waals surface area contributed by atoms with Gasteiger partial charge in [0.2, 0.25) is 0 Å². The highest BCUT2D eigenvalue weighted by molar-refractivity contribution is 5.81. The van der Waals surface area contributed by atoms with Gasteiger partial charge in [-0.3, -0.25) is 0 Å². The highest BCUT2D eigenvalue weighted by atomic mass is 19.1. The first-order valence-electron chi connectivity index (χ1n) is 4.77. The molecule has 2 N–H and O–H groups in total. The van der Waals surface area contributed by atoms with E-state index in [1.165, 1.54) is 12.1 Å². The Morgan fingerprint density at radius 1 is 1.06 bits per heavy atom. The van der Waals surface area contributed by atoms with Crippen molar-refractivity contribution in [2.45, 2.75) is 0 Å². The minimum atomic E-state index is -0.309. The normalized spacial score (nSPS) is 9.75. The van der Waals surface area contributed by atoms with Gasteiger partial charge in [-0.15, -0.1) is 0 Å². The van der Waals surface area contributed by atoms with E-state index in [-0.39, 0.29) is 5.82 Å². The van der Waals surface area contributed by atoms with Gasteiger partial charge in [0.25, 0.3) is 0 Å². The molecule has 0 aliphatic heterocycles. The van der Waals surface area contributed by atoms with Crippen molar-refractivity contribution in [3.63, 3.8) is 0 Å². The first kappa shape index (κ1) is 10.2. The fourth-order valence-electron chi connectivity index (χ4n) is 1.60. The molecule has 0 aliphatic carbocycles. The fourth-order valence-corrected chi connectivity index (χ4v) is 1.60. The van der Waals surface area contributed by atoms with Gasteiger partial charge in [-0.2, -0.15) is 5.26 Å². The summed E-state index contributed by atoms with van der Waals surface area (Å²) in [6.07, 6.45) is 0. The predicted molar refractivity (Wildman–Crippen MR) is 61.0 cm³/mol. The number of benzene rings is 2. The molecule has 0 saturated carbocycles. The van der Waals surface area contributed by atoms with Crippen LogP contribution in [-0.4, -0.2) is 0 Å². The summed E-state index contributed by atoms with van der Waals surface area (Å²) in [4.78, 5) is 0. The monoisotopic (exact) mass is 212 g/mol. The molecule has 0 unspecified atom stereocenters. The SMILES string of the molecule is N#Cc1cccc(N)c1-c1ccc(F)cc1. The van der Waals surface area contributed by atoms with E-state index < -0.39 is 0 Å². The van der Waals surface area contributed by atoms with Gasteiger partial charge in [0.15, 0.2) is 0 Å². The molecule has 2 nitrogen and oxygen atoms in total. The quantitative estimate of drug-likeness (QED) is 0.739. The van der Waals surface area contributed by atoms with Gasteiger partial charge in [-0.1, -0.05) is 18.2 Å². The second-order valence-electron chi connectivity index (χ2n) is 3.39. The van der Waals surface area contributed by atoms with Crippen LogP contribution in [0.1, 0.15) is 5.56 Å². The van der Waals surface area contributed by atoms with Gasteiger partial charge >= 0.3 is 0 Å². The zero-order chi connectivity index (χ0) is 11.5. The molecule has 0 radical (unpaired) electrons. The molecule has 3 heteroatoms. The minimum Gasteiger partial charge on any atom is -0.398 e. The highest BCUT2D eigenvalue weighted by Gasteiger charge is 2.08. The fraction of sp³-hybridized carbons (Fsp3) is 0. The molecule has 0 bridgehead atoms. The maximum atomic E-state index is 12.8. The van der Waals surface area contributed by atoms with Crippen LogP contribution in [0.4, 0.5) is 10.1 Å². The van der Waals surface area contributed by atoms with E-state index in [2.05, 4.69) is 6.07 Å². The summed E-state index contributed by atoms with van der Waals surface area (Å²) in [5.41, 5.74) is 8.24. The number of nitrogen functional groups attached to an aromatic ring is 1. The first-order chi connectivity index (χ1) is 7.72. The lowest BCUT2D eigenvalue weighted by Crippen LogP contribution is -1.93. The Hall–Kier alpha value is -2.34. The summed E-state index contributed by atoms with van der Waals surface area (Å²) in [5.74, 6) is -0.309. The number of rotatable bonds is 1. The molecule has 0 heterocycles. The lowest BCUT2D eigenvalue weighted by Gasteiger charge is -2.07. The summed E-state index contributed by atoms with van der Waals surface area (Å²) in [5, 5.41) is 8.98. The van der Waals surface area contributed by atoms with E-state index in [1.807, 2.05) is 0 Å². The average molecular weight is 212 g/mol. The zero-order valence-corrected chi connectivity index (χ0v) is 8.44. The van der Waals surface area contributed by atoms with E-state index >= 15 is 0 Å². The Morgan fingerprint density at radius 2 is 1.75 bits per heavy atom. The largest absolute Gasteiger partial charge is 0.398 e. The lowest BCUT2D eigenvalue weighted by molar-refractivity contribution is 0.628. The van der Waals surface area contributed by atoms with Gasteiger partial charge in [0.1, 0.15) is 5.82 Å². The van der Waals surface area contributed by atoms with Crippen LogP contribution in [0.15, 0.2) is 42.5 Å². The van der Waals surface area contributed by atoms with Crippen molar-refractivity contribution >= 4 is 5.69 Å². The number of hydrogen-bond donors (Lipinski definition) is 1. The molecule has 0 aliphatic rings. The van der Waals surface area contributed by atoms with Crippen LogP contribution < -0.4 is 5.73 Å². The van der Waals surface area contributed by atoms with Crippen molar-refractivity contribution in [1.29, 1.82) is 5.26 Å². The molecule has 2 rings (SSSR count). The molecule has 0 amide bonds. The number of nitrogens with two attached hydrogens (primary N) is 1. The summed E-state index contributed by atoms with van der Waals surface area (Å²) in [6, 6.07) is 13.1. The Kier molecular flexibility index (Phi) is 2.57. The lowest BCUT2D eigenvalue weighted by atomic mass is 9.98. The number of halogens is 1. The van der Waals surface area contributed by atoms with E-state index in [0.717, 1.165) is 5.56 Å². The van der Waals surface area contributed by atoms with Crippen LogP contribution in [0.25, 0.3) is 11.1 Å². The van der Waals surface area contributed by atoms with Crippen molar-refractivity contribution in [2.75, 3.05) is 5.73 Å². The van der Waals surface area contributed by atoms with Gasteiger partial charge in [-0.25, -0.2) is 4.39 Å². The third-order valence-corrected chi connectivity index (χ3v) is 2.35. The molecule has 0 atom stereocenters. The molecule has 78 valence electrons. The number of nitriles is 1. The Morgan fingerprint density at radius 3 is 2.38 bits per heavy atom. The smallest absolute Gasteiger partial charge is 0.123 e. The third kappa shape index (κ3) is 1.73. The topological polar surface area (TPSA) is 49.8 Å². The van der Waals surface area contributed by atoms with E-state index in [1.54, 1.807) is 30.3 Å². The average Bonchev–Trinajstić information content (AvgIpc) is 2.30. The van der Waals surface area contributed by atoms with Crippen molar-refractivity contribution in [3.8, 4) is 17.2 Å². The molecule has 0 aromatic heterocycles. The van der Waals surface area contributed by atoms with Crippen LogP contribution in [0.5, 0.6) is 0 Å². The molecular weight excluding hydrogens is 203 g/mol. The van der Waals surface area contributed by atoms with E-state index in [4.69, 9.17) is 11.0 Å². The Bertz CT molecular complexity index is 553. The Labute approximate surface area is 92.8 Å². The standard InChI is InChI=1S/C13H9FN2/c14-11-6-4-9(5-7-11)13-10(8-15)2-1-3-12(13)16/h1-7H,16H2. The molecule has 0 fully saturated rings. The summed E-state index contributed by atoms with van der Waals surface area (Å²) in [7, 11) is 0. The third-order valence-electron chi connectivity index (χ3n) is 2.35. The van der Waals surface area contributed by atoms with Crippen LogP contribution in [0.3, 0.4) is 0 Å². The van der Waals surface area contributed by atoms with Crippen molar-refractivity contribution < 1.29 is 4.39 Å². The minimum absolute atomic E-state index is 0.309. The van der Waals surface area contributed by atoms with Crippen LogP contribution in [0.2, 0.25) is 0 Å². The molecule has 0 saturated heterocycles. The number of hydrogen-bond acceptors (Lipinski definition) is 2. The van der Waals surface area contributed by atoms with Crippen LogP contribution in [-0.2, 0) is 0 Å². The van der Waals surface area contributed by atoms with Crippen LogP contribution in [0, 0.1) is 17.1 Å². The second kappa shape index (κ2) is 4.03. The summed E-state index contributed by atoms with van der Waals surface area (Å²) < 4.78 is 12.8. The molecule has 2 aromatic carbocycles. The van der Waals surface area contributed by atoms with Gasteiger partial charge in [0, 0.05) is 11.3 Å². The van der Waals surface area contributed by atoms with E-state index in [9.17, 15) is 4.39 Å². The Balaban J connectivity index is 2.64. The number of nitrogens with zero attached hydrogens (tertiary/aromatic N) is 1. The second-order valence-corrected chi connectivity index (χ2v) is 3.39. The maximum Gasteiger partial charge on any atom is 0.123 e.